The molecule has 1 aromatic carbocycles. The lowest BCUT2D eigenvalue weighted by Crippen LogP contribution is -2.42. The summed E-state index contributed by atoms with van der Waals surface area (Å²) in [5.74, 6) is 0.131. The van der Waals surface area contributed by atoms with Crippen LogP contribution in [-0.4, -0.2) is 35.9 Å². The number of nitrogens with one attached hydrogen (secondary N) is 2. The number of nitrogens with zero attached hydrogens (tertiary/aromatic N) is 2. The maximum Gasteiger partial charge on any atom is 0.387 e. The van der Waals surface area contributed by atoms with E-state index in [2.05, 4.69) is 25.2 Å². The fraction of sp³-hybridized carbons (Fsp3) is 0.375. The SMILES string of the molecule is O=c1[nH]ncc(NC2CCCN(c3ccc(OC(F)F)cc3)C2)c1Cl. The Morgan fingerprint density at radius 2 is 2.12 bits per heavy atom. The molecule has 1 aliphatic rings. The van der Waals surface area contributed by atoms with Gasteiger partial charge in [0.15, 0.2) is 0 Å². The molecule has 0 saturated carbocycles. The van der Waals surface area contributed by atoms with Crippen LogP contribution in [0.2, 0.25) is 5.02 Å². The van der Waals surface area contributed by atoms with Crippen molar-refractivity contribution in [2.75, 3.05) is 23.3 Å². The number of H-pyrrole nitrogens is 1. The molecule has 1 aromatic heterocycles. The molecule has 25 heavy (non-hydrogen) atoms. The standard InChI is InChI=1S/C16H17ClF2N4O2/c17-14-13(8-20-22-15(14)24)21-10-2-1-7-23(9-10)11-3-5-12(6-4-11)25-16(18)19/h3-6,8,10,16H,1-2,7,9H2,(H2,21,22,24). The fourth-order valence-electron chi connectivity index (χ4n) is 2.87. The minimum atomic E-state index is -2.83. The van der Waals surface area contributed by atoms with Gasteiger partial charge < -0.3 is 15.0 Å². The number of alkyl halides is 2. The van der Waals surface area contributed by atoms with Crippen molar-refractivity contribution in [3.8, 4) is 5.75 Å². The van der Waals surface area contributed by atoms with Crippen molar-refractivity contribution in [2.24, 2.45) is 0 Å². The molecule has 6 nitrogen and oxygen atoms in total. The fourth-order valence-corrected chi connectivity index (χ4v) is 3.02. The monoisotopic (exact) mass is 370 g/mol. The molecule has 1 saturated heterocycles. The summed E-state index contributed by atoms with van der Waals surface area (Å²) in [7, 11) is 0. The summed E-state index contributed by atoms with van der Waals surface area (Å²) in [5, 5.41) is 9.36. The maximum absolute atomic E-state index is 12.2. The summed E-state index contributed by atoms with van der Waals surface area (Å²) in [6.45, 7) is -1.28. The molecule has 9 heteroatoms. The van der Waals surface area contributed by atoms with E-state index >= 15 is 0 Å². The molecule has 134 valence electrons. The van der Waals surface area contributed by atoms with Crippen molar-refractivity contribution in [1.82, 2.24) is 10.2 Å². The van der Waals surface area contributed by atoms with E-state index in [1.807, 2.05) is 0 Å². The van der Waals surface area contributed by atoms with Crippen LogP contribution in [0.25, 0.3) is 0 Å². The third-order valence-electron chi connectivity index (χ3n) is 4.00. The van der Waals surface area contributed by atoms with E-state index in [-0.39, 0.29) is 16.8 Å². The van der Waals surface area contributed by atoms with E-state index in [9.17, 15) is 13.6 Å². The molecule has 0 bridgehead atoms. The van der Waals surface area contributed by atoms with Gasteiger partial charge in [0.05, 0.1) is 11.9 Å². The lowest BCUT2D eigenvalue weighted by atomic mass is 10.0. The van der Waals surface area contributed by atoms with Gasteiger partial charge in [-0.2, -0.15) is 13.9 Å². The molecule has 1 fully saturated rings. The molecule has 0 amide bonds. The molecule has 0 radical (unpaired) electrons. The summed E-state index contributed by atoms with van der Waals surface area (Å²) in [6.07, 6.45) is 3.35. The highest BCUT2D eigenvalue weighted by molar-refractivity contribution is 6.32. The number of aromatic nitrogens is 2. The van der Waals surface area contributed by atoms with Gasteiger partial charge in [0.2, 0.25) is 0 Å². The smallest absolute Gasteiger partial charge is 0.387 e. The van der Waals surface area contributed by atoms with Crippen LogP contribution >= 0.6 is 11.6 Å². The number of hydrogen-bond acceptors (Lipinski definition) is 5. The first-order chi connectivity index (χ1) is 12.0. The van der Waals surface area contributed by atoms with Gasteiger partial charge >= 0.3 is 6.61 Å². The molecular formula is C16H17ClF2N4O2. The third-order valence-corrected chi connectivity index (χ3v) is 4.38. The van der Waals surface area contributed by atoms with Crippen LogP contribution in [0.3, 0.4) is 0 Å². The minimum absolute atomic E-state index is 0.0839. The first-order valence-electron chi connectivity index (χ1n) is 7.82. The van der Waals surface area contributed by atoms with Crippen molar-refractivity contribution in [1.29, 1.82) is 0 Å². The number of piperidine rings is 1. The van der Waals surface area contributed by atoms with Crippen LogP contribution in [0.4, 0.5) is 20.2 Å². The number of anilines is 2. The second-order valence-electron chi connectivity index (χ2n) is 5.73. The normalized spacial score (nSPS) is 17.6. The van der Waals surface area contributed by atoms with Crippen molar-refractivity contribution in [2.45, 2.75) is 25.5 Å². The molecule has 1 unspecified atom stereocenters. The zero-order chi connectivity index (χ0) is 17.8. The van der Waals surface area contributed by atoms with E-state index in [1.54, 1.807) is 12.1 Å². The predicted molar refractivity (Wildman–Crippen MR) is 91.8 cm³/mol. The first-order valence-corrected chi connectivity index (χ1v) is 8.20. The number of ether oxygens (including phenoxy) is 1. The van der Waals surface area contributed by atoms with Crippen LogP contribution in [0, 0.1) is 0 Å². The molecule has 1 atom stereocenters. The Balaban J connectivity index is 1.66. The highest BCUT2D eigenvalue weighted by Crippen LogP contribution is 2.25. The van der Waals surface area contributed by atoms with Crippen LogP contribution in [0.1, 0.15) is 12.8 Å². The average molecular weight is 371 g/mol. The minimum Gasteiger partial charge on any atom is -0.435 e. The molecule has 2 aromatic rings. The lowest BCUT2D eigenvalue weighted by Gasteiger charge is -2.35. The van der Waals surface area contributed by atoms with Crippen molar-refractivity contribution in [3.63, 3.8) is 0 Å². The van der Waals surface area contributed by atoms with Gasteiger partial charge in [-0.25, -0.2) is 5.10 Å². The van der Waals surface area contributed by atoms with E-state index in [0.29, 0.717) is 12.2 Å². The van der Waals surface area contributed by atoms with Crippen LogP contribution in [0.15, 0.2) is 35.3 Å². The topological polar surface area (TPSA) is 70.2 Å². The third kappa shape index (κ3) is 4.39. The second-order valence-corrected chi connectivity index (χ2v) is 6.11. The predicted octanol–water partition coefficient (Wildman–Crippen LogP) is 3.11. The van der Waals surface area contributed by atoms with Gasteiger partial charge in [-0.1, -0.05) is 11.6 Å². The number of aromatic amines is 1. The Labute approximate surface area is 147 Å². The van der Waals surface area contributed by atoms with E-state index < -0.39 is 12.2 Å². The summed E-state index contributed by atoms with van der Waals surface area (Å²) >= 11 is 5.99. The van der Waals surface area contributed by atoms with E-state index in [0.717, 1.165) is 25.1 Å². The first kappa shape index (κ1) is 17.5. The highest BCUT2D eigenvalue weighted by atomic mass is 35.5. The highest BCUT2D eigenvalue weighted by Gasteiger charge is 2.21. The van der Waals surface area contributed by atoms with Crippen molar-refractivity contribution in [3.05, 3.63) is 45.8 Å². The van der Waals surface area contributed by atoms with Gasteiger partial charge in [0, 0.05) is 24.8 Å². The summed E-state index contributed by atoms with van der Waals surface area (Å²) in [4.78, 5) is 13.7. The molecule has 2 heterocycles. The van der Waals surface area contributed by atoms with E-state index in [1.165, 1.54) is 18.3 Å². The quantitative estimate of drug-likeness (QED) is 0.846. The Morgan fingerprint density at radius 3 is 2.84 bits per heavy atom. The Hall–Kier alpha value is -2.35. The maximum atomic E-state index is 12.2. The van der Waals surface area contributed by atoms with E-state index in [4.69, 9.17) is 11.6 Å². The largest absolute Gasteiger partial charge is 0.435 e. The molecule has 2 N–H and O–H groups in total. The molecule has 3 rings (SSSR count). The molecule has 0 spiro atoms. The van der Waals surface area contributed by atoms with Crippen molar-refractivity contribution < 1.29 is 13.5 Å². The number of benzene rings is 1. The zero-order valence-corrected chi connectivity index (χ0v) is 14.0. The Morgan fingerprint density at radius 1 is 1.36 bits per heavy atom. The summed E-state index contributed by atoms with van der Waals surface area (Å²) in [6, 6.07) is 6.64. The second kappa shape index (κ2) is 7.69. The number of rotatable bonds is 5. The van der Waals surface area contributed by atoms with Gasteiger partial charge in [0.1, 0.15) is 10.8 Å². The van der Waals surface area contributed by atoms with Crippen LogP contribution in [0.5, 0.6) is 5.75 Å². The number of halogens is 3. The zero-order valence-electron chi connectivity index (χ0n) is 13.2. The Kier molecular flexibility index (Phi) is 5.37. The average Bonchev–Trinajstić information content (AvgIpc) is 2.59. The van der Waals surface area contributed by atoms with Gasteiger partial charge in [-0.15, -0.1) is 0 Å². The van der Waals surface area contributed by atoms with Crippen molar-refractivity contribution >= 4 is 23.0 Å². The van der Waals surface area contributed by atoms with Gasteiger partial charge in [-0.05, 0) is 37.1 Å². The summed E-state index contributed by atoms with van der Waals surface area (Å²) in [5.41, 5.74) is 0.982. The van der Waals surface area contributed by atoms with Gasteiger partial charge in [-0.3, -0.25) is 4.79 Å². The van der Waals surface area contributed by atoms with Gasteiger partial charge in [0.25, 0.3) is 5.56 Å². The molecule has 0 aliphatic carbocycles. The Bertz CT molecular complexity index is 769. The van der Waals surface area contributed by atoms with Crippen LogP contribution < -0.4 is 20.5 Å². The molecule has 1 aliphatic heterocycles. The molecular weight excluding hydrogens is 354 g/mol. The number of hydrogen-bond donors (Lipinski definition) is 2. The summed E-state index contributed by atoms with van der Waals surface area (Å²) < 4.78 is 28.8. The van der Waals surface area contributed by atoms with Crippen LogP contribution in [-0.2, 0) is 0 Å². The lowest BCUT2D eigenvalue weighted by molar-refractivity contribution is -0.0498.